The number of nitrogens with one attached hydrogen (secondary N) is 1. The lowest BCUT2D eigenvalue weighted by molar-refractivity contribution is -0.138. The Kier molecular flexibility index (Phi) is 9.83. The van der Waals surface area contributed by atoms with E-state index in [9.17, 15) is 19.5 Å². The van der Waals surface area contributed by atoms with Gasteiger partial charge >= 0.3 is 17.7 Å². The fourth-order valence-electron chi connectivity index (χ4n) is 3.97. The third-order valence-corrected chi connectivity index (χ3v) is 6.20. The van der Waals surface area contributed by atoms with Crippen LogP contribution >= 0.6 is 0 Å². The largest absolute Gasteiger partial charge is 0.481 e. The molecule has 1 amide bonds. The summed E-state index contributed by atoms with van der Waals surface area (Å²) in [5.74, 6) is -1.41. The number of amides is 1. The van der Waals surface area contributed by atoms with Gasteiger partial charge in [0.25, 0.3) is 0 Å². The normalized spacial score (nSPS) is 12.1. The van der Waals surface area contributed by atoms with Gasteiger partial charge in [-0.05, 0) is 45.0 Å². The number of aryl methyl sites for hydroxylation is 1. The lowest BCUT2D eigenvalue weighted by atomic mass is 10.00. The number of nitrogen functional groups attached to an aromatic ring is 1. The number of likely N-dealkylation sites (N-methyl/N-ethyl adjacent to an activating group) is 1. The molecule has 1 aromatic carbocycles. The van der Waals surface area contributed by atoms with E-state index in [0.29, 0.717) is 49.4 Å². The molecule has 12 nitrogen and oxygen atoms in total. The molecular formula is C26H37N7O5. The highest BCUT2D eigenvalue weighted by atomic mass is 16.5. The van der Waals surface area contributed by atoms with Crippen molar-refractivity contribution in [1.82, 2.24) is 29.3 Å². The van der Waals surface area contributed by atoms with Crippen LogP contribution in [0.3, 0.4) is 0 Å². The van der Waals surface area contributed by atoms with E-state index >= 15 is 0 Å². The zero-order valence-corrected chi connectivity index (χ0v) is 22.4. The molecule has 0 aliphatic rings. The molecule has 2 aromatic heterocycles. The molecule has 0 fully saturated rings. The number of nitrogens with two attached hydrogens (primary N) is 1. The highest BCUT2D eigenvalue weighted by Crippen LogP contribution is 2.19. The number of carboxylic acids is 1. The maximum absolute atomic E-state index is 13.0. The summed E-state index contributed by atoms with van der Waals surface area (Å²) in [5.41, 5.74) is 7.98. The maximum Gasteiger partial charge on any atom is 0.327 e. The number of imidazole rings is 1. The summed E-state index contributed by atoms with van der Waals surface area (Å²) < 4.78 is 7.07. The Labute approximate surface area is 221 Å². The average molecular weight is 528 g/mol. The van der Waals surface area contributed by atoms with Crippen LogP contribution in [0.15, 0.2) is 29.1 Å². The van der Waals surface area contributed by atoms with Gasteiger partial charge in [0, 0.05) is 19.6 Å². The fraction of sp³-hybridized carbons (Fsp3) is 0.500. The second kappa shape index (κ2) is 13.0. The van der Waals surface area contributed by atoms with Crippen molar-refractivity contribution in [2.24, 2.45) is 0 Å². The molecule has 0 spiro atoms. The van der Waals surface area contributed by atoms with Gasteiger partial charge in [-0.25, -0.2) is 4.79 Å². The van der Waals surface area contributed by atoms with E-state index in [4.69, 9.17) is 10.5 Å². The molecule has 38 heavy (non-hydrogen) atoms. The fourth-order valence-corrected chi connectivity index (χ4v) is 3.97. The molecule has 0 saturated heterocycles. The van der Waals surface area contributed by atoms with Crippen molar-refractivity contribution in [3.63, 3.8) is 0 Å². The van der Waals surface area contributed by atoms with Gasteiger partial charge in [0.05, 0.1) is 19.1 Å². The number of carboxylic acid groups (broad SMARTS) is 1. The third-order valence-electron chi connectivity index (χ3n) is 6.20. The zero-order chi connectivity index (χ0) is 27.8. The first-order valence-corrected chi connectivity index (χ1v) is 12.7. The number of aromatic nitrogens is 4. The van der Waals surface area contributed by atoms with Gasteiger partial charge in [0.2, 0.25) is 5.91 Å². The van der Waals surface area contributed by atoms with Crippen LogP contribution < -0.4 is 16.2 Å². The molecule has 0 saturated carbocycles. The predicted octanol–water partition coefficient (Wildman–Crippen LogP) is 2.05. The van der Waals surface area contributed by atoms with Crippen LogP contribution in [-0.2, 0) is 22.7 Å². The van der Waals surface area contributed by atoms with E-state index in [-0.39, 0.29) is 30.0 Å². The smallest absolute Gasteiger partial charge is 0.327 e. The molecule has 3 aromatic rings. The van der Waals surface area contributed by atoms with Crippen molar-refractivity contribution >= 4 is 28.9 Å². The Morgan fingerprint density at radius 3 is 2.53 bits per heavy atom. The van der Waals surface area contributed by atoms with Crippen molar-refractivity contribution in [2.45, 2.75) is 52.1 Å². The van der Waals surface area contributed by atoms with E-state index in [1.807, 2.05) is 33.2 Å². The van der Waals surface area contributed by atoms with Crippen LogP contribution in [0.4, 0.5) is 5.82 Å². The molecule has 4 N–H and O–H groups in total. The number of hydrogen-bond acceptors (Lipinski definition) is 8. The van der Waals surface area contributed by atoms with Crippen molar-refractivity contribution < 1.29 is 19.4 Å². The Hall–Kier alpha value is -3.93. The Bertz CT molecular complexity index is 1300. The molecule has 3 rings (SSSR count). The number of carbonyl (C=O) groups is 2. The minimum Gasteiger partial charge on any atom is -0.481 e. The quantitative estimate of drug-likeness (QED) is 0.267. The second-order valence-corrected chi connectivity index (χ2v) is 9.58. The van der Waals surface area contributed by atoms with E-state index in [2.05, 4.69) is 15.0 Å². The van der Waals surface area contributed by atoms with E-state index in [1.165, 1.54) is 4.57 Å². The van der Waals surface area contributed by atoms with Gasteiger partial charge in [-0.2, -0.15) is 9.97 Å². The lowest BCUT2D eigenvalue weighted by Gasteiger charge is -2.25. The molecule has 0 bridgehead atoms. The van der Waals surface area contributed by atoms with Gasteiger partial charge in [0.1, 0.15) is 5.52 Å². The topological polar surface area (TPSA) is 160 Å². The molecule has 2 heterocycles. The number of ether oxygens (including phenoxy) is 1. The molecular weight excluding hydrogens is 490 g/mol. The van der Waals surface area contributed by atoms with Gasteiger partial charge in [-0.3, -0.25) is 14.2 Å². The van der Waals surface area contributed by atoms with Gasteiger partial charge in [-0.1, -0.05) is 37.6 Å². The van der Waals surface area contributed by atoms with Crippen LogP contribution in [0.1, 0.15) is 50.2 Å². The summed E-state index contributed by atoms with van der Waals surface area (Å²) in [6.07, 6.45) is 2.30. The summed E-state index contributed by atoms with van der Waals surface area (Å²) in [4.78, 5) is 51.7. The Balaban J connectivity index is 1.74. The van der Waals surface area contributed by atoms with E-state index < -0.39 is 11.9 Å². The van der Waals surface area contributed by atoms with Gasteiger partial charge < -0.3 is 30.4 Å². The number of unbranched alkanes of at least 4 members (excludes halogenated alkanes) is 1. The summed E-state index contributed by atoms with van der Waals surface area (Å²) in [6, 6.07) is 7.36. The monoisotopic (exact) mass is 527 g/mol. The molecule has 0 aliphatic heterocycles. The first-order valence-electron chi connectivity index (χ1n) is 12.7. The van der Waals surface area contributed by atoms with Gasteiger partial charge in [0.15, 0.2) is 11.5 Å². The molecule has 1 unspecified atom stereocenters. The van der Waals surface area contributed by atoms with Crippen LogP contribution in [0.2, 0.25) is 0 Å². The predicted molar refractivity (Wildman–Crippen MR) is 144 cm³/mol. The summed E-state index contributed by atoms with van der Waals surface area (Å²) in [5, 5.41) is 9.24. The second-order valence-electron chi connectivity index (χ2n) is 9.58. The number of anilines is 1. The molecule has 206 valence electrons. The number of carbonyl (C=O) groups excluding carboxylic acids is 1. The average Bonchev–Trinajstić information content (AvgIpc) is 3.18. The first-order chi connectivity index (χ1) is 18.1. The molecule has 0 aliphatic carbocycles. The van der Waals surface area contributed by atoms with Crippen LogP contribution in [-0.4, -0.2) is 80.1 Å². The van der Waals surface area contributed by atoms with Crippen molar-refractivity contribution in [1.29, 1.82) is 0 Å². The summed E-state index contributed by atoms with van der Waals surface area (Å²) >= 11 is 0. The standard InChI is InChI=1S/C26H37N7O5/c1-5-6-14-38-25-29-22(27)21-23(30-25)33(26(37)28-21)13-7-12-32(20(34)16-31(3)4)15-18-8-10-19(11-9-18)17(2)24(35)36/h8-11,17H,5-7,12-16H2,1-4H3,(H,28,37)(H,35,36)(H2,27,29,30). The summed E-state index contributed by atoms with van der Waals surface area (Å²) in [7, 11) is 3.65. The molecule has 1 atom stereocenters. The number of nitrogens with zero attached hydrogens (tertiary/aromatic N) is 5. The molecule has 12 heteroatoms. The number of H-pyrrole nitrogens is 1. The number of benzene rings is 1. The minimum atomic E-state index is -0.889. The van der Waals surface area contributed by atoms with Crippen LogP contribution in [0, 0.1) is 0 Å². The number of hydrogen-bond donors (Lipinski definition) is 3. The Morgan fingerprint density at radius 2 is 1.89 bits per heavy atom. The van der Waals surface area contributed by atoms with Crippen LogP contribution in [0.5, 0.6) is 6.01 Å². The third kappa shape index (κ3) is 7.31. The number of aliphatic carboxylic acids is 1. The maximum atomic E-state index is 13.0. The zero-order valence-electron chi connectivity index (χ0n) is 22.4. The van der Waals surface area contributed by atoms with Crippen molar-refractivity contribution in [3.05, 3.63) is 45.9 Å². The van der Waals surface area contributed by atoms with Crippen molar-refractivity contribution in [2.75, 3.05) is 39.5 Å². The first kappa shape index (κ1) is 28.6. The number of rotatable bonds is 14. The number of fused-ring (bicyclic) bond motifs is 1. The molecule has 0 radical (unpaired) electrons. The van der Waals surface area contributed by atoms with Crippen molar-refractivity contribution in [3.8, 4) is 6.01 Å². The highest BCUT2D eigenvalue weighted by molar-refractivity contribution is 5.82. The highest BCUT2D eigenvalue weighted by Gasteiger charge is 2.18. The summed E-state index contributed by atoms with van der Waals surface area (Å²) in [6.45, 7) is 5.45. The van der Waals surface area contributed by atoms with Gasteiger partial charge in [-0.15, -0.1) is 0 Å². The minimum absolute atomic E-state index is 0.0533. The number of aromatic amines is 1. The van der Waals surface area contributed by atoms with E-state index in [0.717, 1.165) is 18.4 Å². The Morgan fingerprint density at radius 1 is 1.18 bits per heavy atom. The SMILES string of the molecule is CCCCOc1nc(N)c2[nH]c(=O)n(CCCN(Cc3ccc(C(C)C(=O)O)cc3)C(=O)CN(C)C)c2n1. The lowest BCUT2D eigenvalue weighted by Crippen LogP contribution is -2.38. The van der Waals surface area contributed by atoms with Crippen LogP contribution in [0.25, 0.3) is 11.2 Å². The van der Waals surface area contributed by atoms with E-state index in [1.54, 1.807) is 28.9 Å².